The Morgan fingerprint density at radius 3 is 2.53 bits per heavy atom. The normalized spacial score (nSPS) is 12.5. The molecule has 2 aromatic heterocycles. The van der Waals surface area contributed by atoms with Crippen LogP contribution in [0.25, 0.3) is 11.5 Å². The molecule has 0 spiro atoms. The Hall–Kier alpha value is -1.52. The first-order chi connectivity index (χ1) is 8.08. The number of nitrogens with zero attached hydrogens (tertiary/aromatic N) is 3. The van der Waals surface area contributed by atoms with Crippen LogP contribution in [0.2, 0.25) is 5.02 Å². The number of aliphatic hydroxyl groups excluding tert-OH is 1. The van der Waals surface area contributed by atoms with E-state index in [0.717, 1.165) is 11.3 Å². The van der Waals surface area contributed by atoms with Gasteiger partial charge in [0.15, 0.2) is 5.82 Å². The van der Waals surface area contributed by atoms with Crippen molar-refractivity contribution in [1.29, 1.82) is 0 Å². The number of hydrogen-bond donors (Lipinski definition) is 1. The van der Waals surface area contributed by atoms with Crippen LogP contribution in [0.4, 0.5) is 0 Å². The van der Waals surface area contributed by atoms with Crippen molar-refractivity contribution in [3.05, 3.63) is 40.8 Å². The topological polar surface area (TPSA) is 58.9 Å². The minimum absolute atomic E-state index is 0.531. The highest BCUT2D eigenvalue weighted by atomic mass is 35.5. The molecule has 0 bridgehead atoms. The Kier molecular flexibility index (Phi) is 3.36. The van der Waals surface area contributed by atoms with Crippen LogP contribution in [0, 0.1) is 6.92 Å². The molecule has 2 aromatic rings. The second-order valence-electron chi connectivity index (χ2n) is 3.77. The fourth-order valence-corrected chi connectivity index (χ4v) is 1.63. The molecular formula is C12H12ClN3O. The van der Waals surface area contributed by atoms with E-state index in [1.807, 2.05) is 6.92 Å². The molecule has 0 saturated carbocycles. The first kappa shape index (κ1) is 12.0. The lowest BCUT2D eigenvalue weighted by molar-refractivity contribution is 0.197. The Labute approximate surface area is 104 Å². The van der Waals surface area contributed by atoms with Gasteiger partial charge in [0.25, 0.3) is 0 Å². The van der Waals surface area contributed by atoms with E-state index in [-0.39, 0.29) is 0 Å². The van der Waals surface area contributed by atoms with Gasteiger partial charge in [-0.15, -0.1) is 0 Å². The summed E-state index contributed by atoms with van der Waals surface area (Å²) in [6.07, 6.45) is 2.61. The van der Waals surface area contributed by atoms with Crippen LogP contribution in [0.15, 0.2) is 24.5 Å². The van der Waals surface area contributed by atoms with Gasteiger partial charge in [-0.1, -0.05) is 11.6 Å². The summed E-state index contributed by atoms with van der Waals surface area (Å²) in [5.74, 6) is 0.531. The number of pyridine rings is 1. The van der Waals surface area contributed by atoms with E-state index in [4.69, 9.17) is 11.6 Å². The molecule has 0 amide bonds. The van der Waals surface area contributed by atoms with E-state index < -0.39 is 6.10 Å². The molecule has 0 radical (unpaired) electrons. The first-order valence-electron chi connectivity index (χ1n) is 5.21. The number of aliphatic hydroxyl groups is 1. The monoisotopic (exact) mass is 249 g/mol. The molecule has 0 fully saturated rings. The van der Waals surface area contributed by atoms with E-state index in [1.165, 1.54) is 0 Å². The Bertz CT molecular complexity index is 526. The molecule has 0 saturated heterocycles. The van der Waals surface area contributed by atoms with Crippen molar-refractivity contribution < 1.29 is 5.11 Å². The first-order valence-corrected chi connectivity index (χ1v) is 5.59. The molecule has 2 rings (SSSR count). The fourth-order valence-electron chi connectivity index (χ4n) is 1.52. The standard InChI is InChI=1S/C12H12ClN3O/c1-7-10(8(2)17)6-15-12(16-7)11-4-3-9(13)5-14-11/h3-6,8,17H,1-2H3/t8-/m0/s1. The van der Waals surface area contributed by atoms with Gasteiger partial charge in [-0.2, -0.15) is 0 Å². The van der Waals surface area contributed by atoms with Crippen LogP contribution in [-0.2, 0) is 0 Å². The van der Waals surface area contributed by atoms with Crippen molar-refractivity contribution in [3.63, 3.8) is 0 Å². The zero-order valence-corrected chi connectivity index (χ0v) is 10.3. The van der Waals surface area contributed by atoms with E-state index in [1.54, 1.807) is 31.5 Å². The second-order valence-corrected chi connectivity index (χ2v) is 4.21. The Morgan fingerprint density at radius 1 is 1.24 bits per heavy atom. The summed E-state index contributed by atoms with van der Waals surface area (Å²) in [5.41, 5.74) is 2.14. The third-order valence-corrected chi connectivity index (χ3v) is 2.65. The molecule has 1 atom stereocenters. The van der Waals surface area contributed by atoms with Gasteiger partial charge in [-0.25, -0.2) is 9.97 Å². The van der Waals surface area contributed by atoms with Crippen LogP contribution < -0.4 is 0 Å². The highest BCUT2D eigenvalue weighted by Gasteiger charge is 2.09. The van der Waals surface area contributed by atoms with Crippen molar-refractivity contribution >= 4 is 11.6 Å². The fraction of sp³-hybridized carbons (Fsp3) is 0.250. The van der Waals surface area contributed by atoms with E-state index in [2.05, 4.69) is 15.0 Å². The third-order valence-electron chi connectivity index (χ3n) is 2.42. The van der Waals surface area contributed by atoms with Crippen molar-refractivity contribution in [2.75, 3.05) is 0 Å². The van der Waals surface area contributed by atoms with Crippen LogP contribution in [0.5, 0.6) is 0 Å². The minimum Gasteiger partial charge on any atom is -0.389 e. The predicted octanol–water partition coefficient (Wildman–Crippen LogP) is 2.55. The van der Waals surface area contributed by atoms with Crippen molar-refractivity contribution in [2.45, 2.75) is 20.0 Å². The summed E-state index contributed by atoms with van der Waals surface area (Å²) in [6.45, 7) is 3.52. The Morgan fingerprint density at radius 2 is 2.00 bits per heavy atom. The van der Waals surface area contributed by atoms with Gasteiger partial charge in [-0.05, 0) is 26.0 Å². The van der Waals surface area contributed by atoms with E-state index in [9.17, 15) is 5.11 Å². The molecule has 0 unspecified atom stereocenters. The van der Waals surface area contributed by atoms with Crippen LogP contribution in [-0.4, -0.2) is 20.1 Å². The lowest BCUT2D eigenvalue weighted by Crippen LogP contribution is -2.01. The molecule has 4 nitrogen and oxygen atoms in total. The maximum absolute atomic E-state index is 9.49. The second kappa shape index (κ2) is 4.77. The maximum atomic E-state index is 9.49. The van der Waals surface area contributed by atoms with E-state index >= 15 is 0 Å². The molecule has 5 heteroatoms. The molecule has 0 aliphatic heterocycles. The van der Waals surface area contributed by atoms with Gasteiger partial charge < -0.3 is 5.11 Å². The summed E-state index contributed by atoms with van der Waals surface area (Å²) in [7, 11) is 0. The van der Waals surface area contributed by atoms with Gasteiger partial charge in [0.05, 0.1) is 11.1 Å². The number of rotatable bonds is 2. The average Bonchev–Trinajstić information content (AvgIpc) is 2.29. The summed E-state index contributed by atoms with van der Waals surface area (Å²) in [4.78, 5) is 12.6. The lowest BCUT2D eigenvalue weighted by Gasteiger charge is -2.08. The minimum atomic E-state index is -0.567. The zero-order valence-electron chi connectivity index (χ0n) is 9.55. The van der Waals surface area contributed by atoms with Crippen molar-refractivity contribution in [1.82, 2.24) is 15.0 Å². The van der Waals surface area contributed by atoms with Crippen LogP contribution in [0.3, 0.4) is 0 Å². The molecule has 17 heavy (non-hydrogen) atoms. The SMILES string of the molecule is Cc1nc(-c2ccc(Cl)cn2)ncc1[C@H](C)O. The summed E-state index contributed by atoms with van der Waals surface area (Å²) < 4.78 is 0. The molecular weight excluding hydrogens is 238 g/mol. The van der Waals surface area contributed by atoms with Gasteiger partial charge in [0, 0.05) is 23.7 Å². The smallest absolute Gasteiger partial charge is 0.178 e. The number of aromatic nitrogens is 3. The number of hydrogen-bond acceptors (Lipinski definition) is 4. The van der Waals surface area contributed by atoms with Gasteiger partial charge >= 0.3 is 0 Å². The average molecular weight is 250 g/mol. The molecule has 1 N–H and O–H groups in total. The molecule has 0 aliphatic carbocycles. The quantitative estimate of drug-likeness (QED) is 0.889. The predicted molar refractivity (Wildman–Crippen MR) is 65.6 cm³/mol. The van der Waals surface area contributed by atoms with Gasteiger partial charge in [0.2, 0.25) is 0 Å². The highest BCUT2D eigenvalue weighted by Crippen LogP contribution is 2.19. The number of halogens is 1. The molecule has 2 heterocycles. The van der Waals surface area contributed by atoms with Crippen LogP contribution in [0.1, 0.15) is 24.3 Å². The summed E-state index contributed by atoms with van der Waals surface area (Å²) >= 11 is 5.76. The molecule has 0 aromatic carbocycles. The summed E-state index contributed by atoms with van der Waals surface area (Å²) in [6, 6.07) is 3.50. The molecule has 0 aliphatic rings. The van der Waals surface area contributed by atoms with Gasteiger partial charge in [-0.3, -0.25) is 4.98 Å². The van der Waals surface area contributed by atoms with Crippen molar-refractivity contribution in [3.8, 4) is 11.5 Å². The highest BCUT2D eigenvalue weighted by molar-refractivity contribution is 6.30. The largest absolute Gasteiger partial charge is 0.389 e. The van der Waals surface area contributed by atoms with Gasteiger partial charge in [0.1, 0.15) is 5.69 Å². The molecule has 88 valence electrons. The van der Waals surface area contributed by atoms with E-state index in [0.29, 0.717) is 16.5 Å². The Balaban J connectivity index is 2.41. The number of aryl methyl sites for hydroxylation is 1. The zero-order chi connectivity index (χ0) is 12.4. The maximum Gasteiger partial charge on any atom is 0.178 e. The third kappa shape index (κ3) is 2.60. The lowest BCUT2D eigenvalue weighted by atomic mass is 10.1. The van der Waals surface area contributed by atoms with Crippen LogP contribution >= 0.6 is 11.6 Å². The van der Waals surface area contributed by atoms with Crippen molar-refractivity contribution in [2.24, 2.45) is 0 Å². The summed E-state index contributed by atoms with van der Waals surface area (Å²) in [5, 5.41) is 10.1.